The van der Waals surface area contributed by atoms with Gasteiger partial charge in [0.1, 0.15) is 0 Å². The topological polar surface area (TPSA) is 34.5 Å². The average molecular weight is 391 g/mol. The molecular weight excluding hydrogens is 360 g/mol. The smallest absolute Gasteiger partial charge is 0.223 e. The lowest BCUT2D eigenvalue weighted by molar-refractivity contribution is -0.132. The molecule has 1 heterocycles. The number of amides is 1. The Kier molecular flexibility index (Phi) is 7.65. The third-order valence-corrected chi connectivity index (χ3v) is 5.10. The van der Waals surface area contributed by atoms with Gasteiger partial charge in [0, 0.05) is 38.5 Å². The fraction of sp³-hybridized carbons (Fsp3) is 0.320. The van der Waals surface area contributed by atoms with Crippen LogP contribution in [0.4, 0.5) is 0 Å². The van der Waals surface area contributed by atoms with E-state index in [1.54, 1.807) is 7.11 Å². The Labute approximate surface area is 173 Å². The number of hydrogen-bond acceptors (Lipinski definition) is 2. The number of ether oxygens (including phenoxy) is 1. The van der Waals surface area contributed by atoms with Crippen molar-refractivity contribution in [2.45, 2.75) is 32.9 Å². The molecule has 2 aromatic carbocycles. The summed E-state index contributed by atoms with van der Waals surface area (Å²) in [5, 5.41) is 0. The number of carbonyl (C=O) groups excluding carboxylic acids is 1. The molecule has 4 heteroatoms. The van der Waals surface area contributed by atoms with E-state index < -0.39 is 0 Å². The van der Waals surface area contributed by atoms with E-state index in [2.05, 4.69) is 60.2 Å². The lowest BCUT2D eigenvalue weighted by atomic mass is 10.1. The van der Waals surface area contributed by atoms with Crippen LogP contribution in [0.5, 0.6) is 0 Å². The maximum Gasteiger partial charge on any atom is 0.223 e. The second-order valence-corrected chi connectivity index (χ2v) is 7.41. The van der Waals surface area contributed by atoms with Gasteiger partial charge in [0.15, 0.2) is 0 Å². The molecule has 0 aliphatic carbocycles. The van der Waals surface area contributed by atoms with Gasteiger partial charge in [0.05, 0.1) is 13.2 Å². The molecule has 0 bridgehead atoms. The molecule has 0 aliphatic rings. The quantitative estimate of drug-likeness (QED) is 0.512. The van der Waals surface area contributed by atoms with E-state index in [0.717, 1.165) is 18.7 Å². The zero-order chi connectivity index (χ0) is 20.5. The van der Waals surface area contributed by atoms with Crippen LogP contribution in [0.25, 0.3) is 0 Å². The lowest BCUT2D eigenvalue weighted by Crippen LogP contribution is -2.34. The first-order chi connectivity index (χ1) is 14.2. The number of methoxy groups -OCH3 is 1. The molecule has 3 rings (SSSR count). The Hall–Kier alpha value is -2.85. The van der Waals surface area contributed by atoms with Crippen LogP contribution >= 0.6 is 0 Å². The maximum absolute atomic E-state index is 12.9. The summed E-state index contributed by atoms with van der Waals surface area (Å²) in [4.78, 5) is 14.8. The van der Waals surface area contributed by atoms with E-state index in [1.807, 2.05) is 29.2 Å². The van der Waals surface area contributed by atoms with Crippen molar-refractivity contribution in [2.24, 2.45) is 0 Å². The molecule has 0 saturated heterocycles. The summed E-state index contributed by atoms with van der Waals surface area (Å²) in [5.41, 5.74) is 4.85. The van der Waals surface area contributed by atoms with E-state index in [9.17, 15) is 4.79 Å². The van der Waals surface area contributed by atoms with Gasteiger partial charge in [-0.15, -0.1) is 0 Å². The highest BCUT2D eigenvalue weighted by molar-refractivity contribution is 5.76. The Balaban J connectivity index is 1.66. The largest absolute Gasteiger partial charge is 0.383 e. The maximum atomic E-state index is 12.9. The van der Waals surface area contributed by atoms with Crippen LogP contribution in [0.1, 0.15) is 28.8 Å². The first-order valence-electron chi connectivity index (χ1n) is 10.2. The zero-order valence-electron chi connectivity index (χ0n) is 17.4. The van der Waals surface area contributed by atoms with E-state index in [1.165, 1.54) is 16.7 Å². The second kappa shape index (κ2) is 10.6. The number of nitrogens with zero attached hydrogens (tertiary/aromatic N) is 2. The average Bonchev–Trinajstić information content (AvgIpc) is 3.16. The lowest BCUT2D eigenvalue weighted by Gasteiger charge is -2.23. The van der Waals surface area contributed by atoms with E-state index >= 15 is 0 Å². The van der Waals surface area contributed by atoms with Crippen molar-refractivity contribution < 1.29 is 9.53 Å². The number of hydrogen-bond donors (Lipinski definition) is 0. The van der Waals surface area contributed by atoms with Crippen LogP contribution in [0.3, 0.4) is 0 Å². The second-order valence-electron chi connectivity index (χ2n) is 7.41. The fourth-order valence-corrected chi connectivity index (χ4v) is 3.50. The Bertz CT molecular complexity index is 902. The standard InChI is InChI=1S/C25H30N2O2/c1-21-8-6-11-23(18-21)19-26-15-7-12-24(26)20-27(16-17-29-2)25(28)14-13-22-9-4-3-5-10-22/h3-12,15,18H,13-14,16-17,19-20H2,1-2H3. The van der Waals surface area contributed by atoms with Gasteiger partial charge < -0.3 is 14.2 Å². The molecule has 152 valence electrons. The summed E-state index contributed by atoms with van der Waals surface area (Å²) in [6.45, 7) is 4.64. The normalized spacial score (nSPS) is 10.8. The van der Waals surface area contributed by atoms with Crippen molar-refractivity contribution in [3.63, 3.8) is 0 Å². The molecule has 0 spiro atoms. The predicted molar refractivity (Wildman–Crippen MR) is 117 cm³/mol. The summed E-state index contributed by atoms with van der Waals surface area (Å²) in [6, 6.07) is 22.9. The minimum absolute atomic E-state index is 0.161. The fourth-order valence-electron chi connectivity index (χ4n) is 3.50. The third-order valence-electron chi connectivity index (χ3n) is 5.10. The van der Waals surface area contributed by atoms with Gasteiger partial charge in [-0.05, 0) is 36.6 Å². The highest BCUT2D eigenvalue weighted by Crippen LogP contribution is 2.13. The van der Waals surface area contributed by atoms with Crippen molar-refractivity contribution in [1.82, 2.24) is 9.47 Å². The van der Waals surface area contributed by atoms with Crippen molar-refractivity contribution in [3.8, 4) is 0 Å². The summed E-state index contributed by atoms with van der Waals surface area (Å²) in [7, 11) is 1.67. The first kappa shape index (κ1) is 20.9. The molecule has 0 fully saturated rings. The molecule has 3 aromatic rings. The first-order valence-corrected chi connectivity index (χ1v) is 10.2. The van der Waals surface area contributed by atoms with Crippen molar-refractivity contribution in [1.29, 1.82) is 0 Å². The molecule has 1 aromatic heterocycles. The highest BCUT2D eigenvalue weighted by Gasteiger charge is 2.16. The van der Waals surface area contributed by atoms with Crippen molar-refractivity contribution in [3.05, 3.63) is 95.3 Å². The minimum atomic E-state index is 0.161. The molecule has 0 radical (unpaired) electrons. The van der Waals surface area contributed by atoms with Gasteiger partial charge >= 0.3 is 0 Å². The Morgan fingerprint density at radius 2 is 1.79 bits per heavy atom. The predicted octanol–water partition coefficient (Wildman–Crippen LogP) is 4.45. The number of benzene rings is 2. The van der Waals surface area contributed by atoms with Gasteiger partial charge in [-0.25, -0.2) is 0 Å². The summed E-state index contributed by atoms with van der Waals surface area (Å²) < 4.78 is 7.46. The summed E-state index contributed by atoms with van der Waals surface area (Å²) >= 11 is 0. The van der Waals surface area contributed by atoms with Crippen molar-refractivity contribution >= 4 is 5.91 Å². The monoisotopic (exact) mass is 390 g/mol. The van der Waals surface area contributed by atoms with Crippen LogP contribution in [-0.4, -0.2) is 35.6 Å². The highest BCUT2D eigenvalue weighted by atomic mass is 16.5. The van der Waals surface area contributed by atoms with Gasteiger partial charge in [-0.3, -0.25) is 4.79 Å². The van der Waals surface area contributed by atoms with Gasteiger partial charge in [0.25, 0.3) is 0 Å². The SMILES string of the molecule is COCCN(Cc1cccn1Cc1cccc(C)c1)C(=O)CCc1ccccc1. The van der Waals surface area contributed by atoms with Crippen LogP contribution in [0, 0.1) is 6.92 Å². The molecular formula is C25H30N2O2. The minimum Gasteiger partial charge on any atom is -0.383 e. The number of carbonyl (C=O) groups is 1. The molecule has 0 aliphatic heterocycles. The third kappa shape index (κ3) is 6.33. The zero-order valence-corrected chi connectivity index (χ0v) is 17.4. The Morgan fingerprint density at radius 1 is 1.00 bits per heavy atom. The van der Waals surface area contributed by atoms with Crippen molar-refractivity contribution in [2.75, 3.05) is 20.3 Å². The van der Waals surface area contributed by atoms with Crippen LogP contribution in [0.2, 0.25) is 0 Å². The molecule has 1 amide bonds. The Morgan fingerprint density at radius 3 is 2.55 bits per heavy atom. The number of aryl methyl sites for hydroxylation is 2. The van der Waals surface area contributed by atoms with Gasteiger partial charge in [-0.1, -0.05) is 60.2 Å². The van der Waals surface area contributed by atoms with Crippen LogP contribution in [-0.2, 0) is 29.0 Å². The van der Waals surface area contributed by atoms with Gasteiger partial charge in [-0.2, -0.15) is 0 Å². The molecule has 0 unspecified atom stereocenters. The van der Waals surface area contributed by atoms with E-state index in [-0.39, 0.29) is 5.91 Å². The molecule has 0 N–H and O–H groups in total. The molecule has 29 heavy (non-hydrogen) atoms. The summed E-state index contributed by atoms with van der Waals surface area (Å²) in [6.07, 6.45) is 3.35. The molecule has 0 saturated carbocycles. The van der Waals surface area contributed by atoms with Gasteiger partial charge in [0.2, 0.25) is 5.91 Å². The number of aromatic nitrogens is 1. The van der Waals surface area contributed by atoms with E-state index in [0.29, 0.717) is 26.1 Å². The molecule has 4 nitrogen and oxygen atoms in total. The van der Waals surface area contributed by atoms with Crippen LogP contribution in [0.15, 0.2) is 72.9 Å². The summed E-state index contributed by atoms with van der Waals surface area (Å²) in [5.74, 6) is 0.161. The number of rotatable bonds is 10. The van der Waals surface area contributed by atoms with E-state index in [4.69, 9.17) is 4.74 Å². The van der Waals surface area contributed by atoms with Crippen LogP contribution < -0.4 is 0 Å². The molecule has 0 atom stereocenters.